The zero-order chi connectivity index (χ0) is 13.0. The molecule has 1 unspecified atom stereocenters. The second-order valence-corrected chi connectivity index (χ2v) is 5.40. The number of pyridine rings is 1. The van der Waals surface area contributed by atoms with Crippen molar-refractivity contribution < 1.29 is 4.79 Å². The Labute approximate surface area is 116 Å². The van der Waals surface area contributed by atoms with E-state index in [1.54, 1.807) is 18.3 Å². The number of nitrogens with one attached hydrogen (secondary N) is 1. The molecule has 0 aliphatic carbocycles. The third kappa shape index (κ3) is 3.29. The van der Waals surface area contributed by atoms with Gasteiger partial charge in [-0.2, -0.15) is 0 Å². The Balaban J connectivity index is 1.86. The summed E-state index contributed by atoms with van der Waals surface area (Å²) < 4.78 is 0.594. The normalized spacial score (nSPS) is 17.7. The van der Waals surface area contributed by atoms with E-state index in [4.69, 9.17) is 0 Å². The fraction of sp³-hybridized carbons (Fsp3) is 0.538. The summed E-state index contributed by atoms with van der Waals surface area (Å²) in [6.45, 7) is 5.13. The molecule has 1 saturated heterocycles. The summed E-state index contributed by atoms with van der Waals surface area (Å²) in [4.78, 5) is 18.5. The molecule has 0 radical (unpaired) electrons. The average Bonchev–Trinajstić information content (AvgIpc) is 2.90. The monoisotopic (exact) mass is 311 g/mol. The topological polar surface area (TPSA) is 45.2 Å². The number of likely N-dealkylation sites (tertiary alicyclic amines) is 1. The van der Waals surface area contributed by atoms with Gasteiger partial charge in [0.25, 0.3) is 5.91 Å². The van der Waals surface area contributed by atoms with Crippen molar-refractivity contribution in [2.45, 2.75) is 25.8 Å². The van der Waals surface area contributed by atoms with E-state index in [9.17, 15) is 4.79 Å². The third-order valence-corrected chi connectivity index (χ3v) is 3.96. The molecular weight excluding hydrogens is 294 g/mol. The summed E-state index contributed by atoms with van der Waals surface area (Å²) in [5, 5.41) is 2.97. The molecule has 1 N–H and O–H groups in total. The van der Waals surface area contributed by atoms with Gasteiger partial charge in [-0.15, -0.1) is 0 Å². The Morgan fingerprint density at radius 1 is 1.56 bits per heavy atom. The fourth-order valence-electron chi connectivity index (χ4n) is 2.20. The molecule has 1 amide bonds. The fourth-order valence-corrected chi connectivity index (χ4v) is 2.63. The van der Waals surface area contributed by atoms with Crippen molar-refractivity contribution in [1.29, 1.82) is 0 Å². The van der Waals surface area contributed by atoms with Crippen LogP contribution in [0.4, 0.5) is 0 Å². The highest BCUT2D eigenvalue weighted by atomic mass is 79.9. The number of rotatable bonds is 4. The van der Waals surface area contributed by atoms with Gasteiger partial charge in [-0.25, -0.2) is 4.98 Å². The molecule has 1 fully saturated rings. The van der Waals surface area contributed by atoms with Gasteiger partial charge in [0, 0.05) is 18.8 Å². The summed E-state index contributed by atoms with van der Waals surface area (Å²) in [5.74, 6) is -0.0685. The summed E-state index contributed by atoms with van der Waals surface area (Å²) in [6, 6.07) is 3.93. The number of hydrogen-bond donors (Lipinski definition) is 1. The highest BCUT2D eigenvalue weighted by Crippen LogP contribution is 2.13. The molecule has 98 valence electrons. The zero-order valence-corrected chi connectivity index (χ0v) is 12.1. The lowest BCUT2D eigenvalue weighted by atomic mass is 10.2. The van der Waals surface area contributed by atoms with E-state index in [1.807, 2.05) is 0 Å². The summed E-state index contributed by atoms with van der Waals surface area (Å²) in [7, 11) is 0. The molecule has 1 aliphatic rings. The summed E-state index contributed by atoms with van der Waals surface area (Å²) in [6.07, 6.45) is 4.20. The van der Waals surface area contributed by atoms with Crippen molar-refractivity contribution in [2.24, 2.45) is 0 Å². The van der Waals surface area contributed by atoms with Crippen LogP contribution in [0.2, 0.25) is 0 Å². The van der Waals surface area contributed by atoms with Crippen LogP contribution in [0.5, 0.6) is 0 Å². The van der Waals surface area contributed by atoms with E-state index >= 15 is 0 Å². The highest BCUT2D eigenvalue weighted by molar-refractivity contribution is 9.10. The van der Waals surface area contributed by atoms with Crippen molar-refractivity contribution in [3.05, 3.63) is 28.5 Å². The molecule has 4 nitrogen and oxygen atoms in total. The van der Waals surface area contributed by atoms with Gasteiger partial charge in [-0.05, 0) is 60.9 Å². The van der Waals surface area contributed by atoms with Crippen LogP contribution in [0.15, 0.2) is 22.9 Å². The van der Waals surface area contributed by atoms with E-state index in [2.05, 4.69) is 38.1 Å². The lowest BCUT2D eigenvalue weighted by Crippen LogP contribution is -2.40. The first-order chi connectivity index (χ1) is 8.68. The number of amides is 1. The second-order valence-electron chi connectivity index (χ2n) is 4.64. The number of aromatic nitrogens is 1. The summed E-state index contributed by atoms with van der Waals surface area (Å²) >= 11 is 3.29. The maximum Gasteiger partial charge on any atom is 0.254 e. The van der Waals surface area contributed by atoms with Crippen LogP contribution in [-0.2, 0) is 0 Å². The smallest absolute Gasteiger partial charge is 0.254 e. The molecule has 1 aromatic heterocycles. The second kappa shape index (κ2) is 6.29. The molecule has 0 saturated carbocycles. The zero-order valence-electron chi connectivity index (χ0n) is 10.5. The van der Waals surface area contributed by atoms with Gasteiger partial charge >= 0.3 is 0 Å². The first-order valence-electron chi connectivity index (χ1n) is 6.31. The predicted molar refractivity (Wildman–Crippen MR) is 74.5 cm³/mol. The van der Waals surface area contributed by atoms with E-state index in [1.165, 1.54) is 12.8 Å². The lowest BCUT2D eigenvalue weighted by molar-refractivity contribution is 0.0939. The Kier molecular flexibility index (Phi) is 4.72. The van der Waals surface area contributed by atoms with Gasteiger partial charge in [0.2, 0.25) is 0 Å². The first-order valence-corrected chi connectivity index (χ1v) is 7.10. The molecule has 2 rings (SSSR count). The van der Waals surface area contributed by atoms with Gasteiger partial charge in [-0.3, -0.25) is 9.69 Å². The van der Waals surface area contributed by atoms with E-state index < -0.39 is 0 Å². The van der Waals surface area contributed by atoms with Gasteiger partial charge < -0.3 is 5.32 Å². The molecule has 0 bridgehead atoms. The minimum atomic E-state index is -0.0685. The minimum absolute atomic E-state index is 0.0685. The van der Waals surface area contributed by atoms with Crippen LogP contribution in [-0.4, -0.2) is 41.5 Å². The molecule has 0 aromatic carbocycles. The third-order valence-electron chi connectivity index (χ3n) is 3.33. The number of halogens is 1. The number of nitrogens with zero attached hydrogens (tertiary/aromatic N) is 2. The molecule has 1 aliphatic heterocycles. The van der Waals surface area contributed by atoms with Crippen molar-refractivity contribution in [2.75, 3.05) is 19.6 Å². The molecule has 2 heterocycles. The van der Waals surface area contributed by atoms with Crippen LogP contribution in [0.25, 0.3) is 0 Å². The van der Waals surface area contributed by atoms with E-state index in [0.29, 0.717) is 22.8 Å². The van der Waals surface area contributed by atoms with Crippen molar-refractivity contribution in [3.8, 4) is 0 Å². The predicted octanol–water partition coefficient (Wildman–Crippen LogP) is 2.06. The van der Waals surface area contributed by atoms with Crippen LogP contribution < -0.4 is 5.32 Å². The standard InChI is InChI=1S/C13H18BrN3O/c1-10(17-7-2-3-8-17)9-16-13(18)11-5-4-6-15-12(11)14/h4-6,10H,2-3,7-9H2,1H3,(H,16,18). The van der Waals surface area contributed by atoms with E-state index in [-0.39, 0.29) is 5.91 Å². The largest absolute Gasteiger partial charge is 0.350 e. The summed E-state index contributed by atoms with van der Waals surface area (Å²) in [5.41, 5.74) is 0.589. The van der Waals surface area contributed by atoms with Crippen LogP contribution in [0.3, 0.4) is 0 Å². The highest BCUT2D eigenvalue weighted by Gasteiger charge is 2.19. The average molecular weight is 312 g/mol. The molecular formula is C13H18BrN3O. The number of carbonyl (C=O) groups is 1. The first kappa shape index (κ1) is 13.5. The Hall–Kier alpha value is -0.940. The quantitative estimate of drug-likeness (QED) is 0.866. The van der Waals surface area contributed by atoms with Gasteiger partial charge in [0.05, 0.1) is 5.56 Å². The minimum Gasteiger partial charge on any atom is -0.350 e. The SMILES string of the molecule is CC(CNC(=O)c1cccnc1Br)N1CCCC1. The van der Waals surface area contributed by atoms with Gasteiger partial charge in [0.1, 0.15) is 4.60 Å². The molecule has 0 spiro atoms. The van der Waals surface area contributed by atoms with Gasteiger partial charge in [-0.1, -0.05) is 0 Å². The number of hydrogen-bond acceptors (Lipinski definition) is 3. The number of carbonyl (C=O) groups excluding carboxylic acids is 1. The maximum absolute atomic E-state index is 12.0. The van der Waals surface area contributed by atoms with Crippen molar-refractivity contribution >= 4 is 21.8 Å². The Morgan fingerprint density at radius 3 is 2.94 bits per heavy atom. The Morgan fingerprint density at radius 2 is 2.28 bits per heavy atom. The maximum atomic E-state index is 12.0. The molecule has 1 aromatic rings. The van der Waals surface area contributed by atoms with Crippen LogP contribution >= 0.6 is 15.9 Å². The molecule has 5 heteroatoms. The van der Waals surface area contributed by atoms with Crippen molar-refractivity contribution in [1.82, 2.24) is 15.2 Å². The van der Waals surface area contributed by atoms with Crippen LogP contribution in [0, 0.1) is 0 Å². The Bertz CT molecular complexity index is 418. The van der Waals surface area contributed by atoms with Gasteiger partial charge in [0.15, 0.2) is 0 Å². The molecule has 18 heavy (non-hydrogen) atoms. The lowest BCUT2D eigenvalue weighted by Gasteiger charge is -2.23. The van der Waals surface area contributed by atoms with E-state index in [0.717, 1.165) is 13.1 Å². The molecule has 1 atom stereocenters. The van der Waals surface area contributed by atoms with Crippen LogP contribution in [0.1, 0.15) is 30.1 Å². The van der Waals surface area contributed by atoms with Crippen molar-refractivity contribution in [3.63, 3.8) is 0 Å².